The maximum atomic E-state index is 11.9. The number of carbonyl (C=O) groups excluding carboxylic acids is 1. The second-order valence-corrected chi connectivity index (χ2v) is 5.05. The molecule has 0 unspecified atom stereocenters. The van der Waals surface area contributed by atoms with E-state index in [2.05, 4.69) is 0 Å². The number of halogens is 1. The summed E-state index contributed by atoms with van der Waals surface area (Å²) >= 11 is 5.78. The zero-order chi connectivity index (χ0) is 14.7. The SMILES string of the molecule is O=C(COCc1ccc2c(c1)OCO2)c1ccc(Cl)cc1. The van der Waals surface area contributed by atoms with Crippen LogP contribution in [-0.4, -0.2) is 19.2 Å². The summed E-state index contributed by atoms with van der Waals surface area (Å²) in [5.41, 5.74) is 1.52. The first-order chi connectivity index (χ1) is 10.2. The van der Waals surface area contributed by atoms with Crippen LogP contribution >= 0.6 is 11.6 Å². The number of ether oxygens (including phenoxy) is 3. The van der Waals surface area contributed by atoms with Crippen LogP contribution in [0.4, 0.5) is 0 Å². The summed E-state index contributed by atoms with van der Waals surface area (Å²) in [6.07, 6.45) is 0. The van der Waals surface area contributed by atoms with Gasteiger partial charge in [-0.1, -0.05) is 17.7 Å². The molecular formula is C16H13ClO4. The third-order valence-corrected chi connectivity index (χ3v) is 3.36. The van der Waals surface area contributed by atoms with Gasteiger partial charge in [-0.3, -0.25) is 4.79 Å². The molecule has 0 spiro atoms. The Labute approximate surface area is 127 Å². The number of rotatable bonds is 5. The van der Waals surface area contributed by atoms with Crippen molar-refractivity contribution >= 4 is 17.4 Å². The molecule has 3 rings (SSSR count). The first-order valence-corrected chi connectivity index (χ1v) is 6.85. The number of hydrogen-bond acceptors (Lipinski definition) is 4. The van der Waals surface area contributed by atoms with Gasteiger partial charge in [-0.25, -0.2) is 0 Å². The molecule has 0 aliphatic carbocycles. The van der Waals surface area contributed by atoms with Crippen molar-refractivity contribution in [2.45, 2.75) is 6.61 Å². The molecule has 0 amide bonds. The normalized spacial score (nSPS) is 12.4. The summed E-state index contributed by atoms with van der Waals surface area (Å²) in [6, 6.07) is 12.3. The fraction of sp³-hybridized carbons (Fsp3) is 0.188. The van der Waals surface area contributed by atoms with Crippen molar-refractivity contribution in [3.05, 3.63) is 58.6 Å². The van der Waals surface area contributed by atoms with E-state index in [-0.39, 0.29) is 19.2 Å². The van der Waals surface area contributed by atoms with Gasteiger partial charge < -0.3 is 14.2 Å². The van der Waals surface area contributed by atoms with E-state index in [0.29, 0.717) is 22.9 Å². The van der Waals surface area contributed by atoms with Gasteiger partial charge in [0.1, 0.15) is 6.61 Å². The monoisotopic (exact) mass is 304 g/mol. The van der Waals surface area contributed by atoms with Crippen LogP contribution in [0.1, 0.15) is 15.9 Å². The maximum absolute atomic E-state index is 11.9. The van der Waals surface area contributed by atoms with Gasteiger partial charge in [0.05, 0.1) is 6.61 Å². The number of carbonyl (C=O) groups is 1. The van der Waals surface area contributed by atoms with E-state index in [1.807, 2.05) is 18.2 Å². The Morgan fingerprint density at radius 1 is 1.10 bits per heavy atom. The maximum Gasteiger partial charge on any atom is 0.231 e. The van der Waals surface area contributed by atoms with Crippen molar-refractivity contribution in [2.75, 3.05) is 13.4 Å². The Morgan fingerprint density at radius 3 is 2.67 bits per heavy atom. The van der Waals surface area contributed by atoms with Crippen molar-refractivity contribution in [2.24, 2.45) is 0 Å². The molecule has 0 fully saturated rings. The van der Waals surface area contributed by atoms with Gasteiger partial charge in [-0.05, 0) is 42.0 Å². The average Bonchev–Trinajstić information content (AvgIpc) is 2.95. The molecule has 2 aromatic carbocycles. The largest absolute Gasteiger partial charge is 0.454 e. The molecule has 0 radical (unpaired) electrons. The average molecular weight is 305 g/mol. The van der Waals surface area contributed by atoms with E-state index < -0.39 is 0 Å². The van der Waals surface area contributed by atoms with Crippen molar-refractivity contribution < 1.29 is 19.0 Å². The molecule has 1 aliphatic rings. The van der Waals surface area contributed by atoms with E-state index >= 15 is 0 Å². The molecule has 0 N–H and O–H groups in total. The molecule has 4 nitrogen and oxygen atoms in total. The summed E-state index contributed by atoms with van der Waals surface area (Å²) in [6.45, 7) is 0.612. The highest BCUT2D eigenvalue weighted by Gasteiger charge is 2.13. The minimum absolute atomic E-state index is 0.0239. The Bertz CT molecular complexity index is 652. The predicted octanol–water partition coefficient (Wildman–Crippen LogP) is 3.47. The molecular weight excluding hydrogens is 292 g/mol. The molecule has 21 heavy (non-hydrogen) atoms. The molecule has 0 aromatic heterocycles. The van der Waals surface area contributed by atoms with Crippen LogP contribution < -0.4 is 9.47 Å². The molecule has 2 aromatic rings. The lowest BCUT2D eigenvalue weighted by atomic mass is 10.1. The molecule has 0 bridgehead atoms. The summed E-state index contributed by atoms with van der Waals surface area (Å²) in [5.74, 6) is 1.36. The molecule has 5 heteroatoms. The van der Waals surface area contributed by atoms with Gasteiger partial charge in [0, 0.05) is 10.6 Å². The molecule has 1 heterocycles. The van der Waals surface area contributed by atoms with Crippen molar-refractivity contribution in [1.82, 2.24) is 0 Å². The quantitative estimate of drug-likeness (QED) is 0.793. The summed E-state index contributed by atoms with van der Waals surface area (Å²) in [7, 11) is 0. The number of benzene rings is 2. The minimum atomic E-state index is -0.0765. The fourth-order valence-corrected chi connectivity index (χ4v) is 2.14. The fourth-order valence-electron chi connectivity index (χ4n) is 2.01. The first kappa shape index (κ1) is 13.9. The van der Waals surface area contributed by atoms with Crippen LogP contribution in [0, 0.1) is 0 Å². The van der Waals surface area contributed by atoms with Gasteiger partial charge in [-0.15, -0.1) is 0 Å². The third kappa shape index (κ3) is 3.35. The number of fused-ring (bicyclic) bond motifs is 1. The second kappa shape index (κ2) is 6.16. The first-order valence-electron chi connectivity index (χ1n) is 6.47. The zero-order valence-corrected chi connectivity index (χ0v) is 11.9. The Kier molecular flexibility index (Phi) is 4.08. The van der Waals surface area contributed by atoms with Crippen LogP contribution in [0.15, 0.2) is 42.5 Å². The smallest absolute Gasteiger partial charge is 0.231 e. The van der Waals surface area contributed by atoms with Crippen molar-refractivity contribution in [3.63, 3.8) is 0 Å². The van der Waals surface area contributed by atoms with Gasteiger partial charge >= 0.3 is 0 Å². The van der Waals surface area contributed by atoms with Crippen LogP contribution in [0.25, 0.3) is 0 Å². The van der Waals surface area contributed by atoms with Gasteiger partial charge in [0.25, 0.3) is 0 Å². The molecule has 1 aliphatic heterocycles. The lowest BCUT2D eigenvalue weighted by Crippen LogP contribution is -2.08. The molecule has 108 valence electrons. The lowest BCUT2D eigenvalue weighted by Gasteiger charge is -2.05. The van der Waals surface area contributed by atoms with Crippen molar-refractivity contribution in [1.29, 1.82) is 0 Å². The van der Waals surface area contributed by atoms with E-state index in [0.717, 1.165) is 11.3 Å². The third-order valence-electron chi connectivity index (χ3n) is 3.11. The number of ketones is 1. The van der Waals surface area contributed by atoms with E-state index in [4.69, 9.17) is 25.8 Å². The Morgan fingerprint density at radius 2 is 1.86 bits per heavy atom. The minimum Gasteiger partial charge on any atom is -0.454 e. The van der Waals surface area contributed by atoms with Gasteiger partial charge in [-0.2, -0.15) is 0 Å². The molecule has 0 atom stereocenters. The molecule has 0 saturated carbocycles. The van der Waals surface area contributed by atoms with Crippen LogP contribution in [0.3, 0.4) is 0 Å². The number of hydrogen-bond donors (Lipinski definition) is 0. The van der Waals surface area contributed by atoms with E-state index in [1.165, 1.54) is 0 Å². The Balaban J connectivity index is 1.54. The highest BCUT2D eigenvalue weighted by atomic mass is 35.5. The van der Waals surface area contributed by atoms with Crippen molar-refractivity contribution in [3.8, 4) is 11.5 Å². The van der Waals surface area contributed by atoms with E-state index in [9.17, 15) is 4.79 Å². The second-order valence-electron chi connectivity index (χ2n) is 4.61. The van der Waals surface area contributed by atoms with Gasteiger partial charge in [0.2, 0.25) is 6.79 Å². The number of Topliss-reactive ketones (excluding diaryl/α,β-unsaturated/α-hetero) is 1. The predicted molar refractivity (Wildman–Crippen MR) is 78.0 cm³/mol. The lowest BCUT2D eigenvalue weighted by molar-refractivity contribution is 0.0726. The summed E-state index contributed by atoms with van der Waals surface area (Å²) in [5, 5.41) is 0.604. The standard InChI is InChI=1S/C16H13ClO4/c17-13-4-2-12(3-5-13)14(18)9-19-8-11-1-6-15-16(7-11)21-10-20-15/h1-7H,8-10H2. The van der Waals surface area contributed by atoms with Gasteiger partial charge in [0.15, 0.2) is 17.3 Å². The van der Waals surface area contributed by atoms with Crippen LogP contribution in [0.5, 0.6) is 11.5 Å². The van der Waals surface area contributed by atoms with Crippen LogP contribution in [-0.2, 0) is 11.3 Å². The van der Waals surface area contributed by atoms with Crippen LogP contribution in [0.2, 0.25) is 5.02 Å². The summed E-state index contributed by atoms with van der Waals surface area (Å²) in [4.78, 5) is 11.9. The zero-order valence-electron chi connectivity index (χ0n) is 11.2. The highest BCUT2D eigenvalue weighted by Crippen LogP contribution is 2.32. The van der Waals surface area contributed by atoms with E-state index in [1.54, 1.807) is 24.3 Å². The topological polar surface area (TPSA) is 44.8 Å². The highest BCUT2D eigenvalue weighted by molar-refractivity contribution is 6.30. The summed E-state index contributed by atoms with van der Waals surface area (Å²) < 4.78 is 16.0. The Hall–Kier alpha value is -2.04. The molecule has 0 saturated heterocycles.